The maximum absolute atomic E-state index is 12.6. The van der Waals surface area contributed by atoms with Crippen LogP contribution in [0.3, 0.4) is 0 Å². The average Bonchev–Trinajstić information content (AvgIpc) is 2.68. The van der Waals surface area contributed by atoms with E-state index in [1.807, 2.05) is 68.4 Å². The number of benzene rings is 3. The van der Waals surface area contributed by atoms with E-state index in [4.69, 9.17) is 4.74 Å². The fraction of sp³-hybridized carbons (Fsp3) is 0.250. The van der Waals surface area contributed by atoms with Crippen molar-refractivity contribution in [2.45, 2.75) is 26.7 Å². The maximum atomic E-state index is 12.6. The number of para-hydroxylation sites is 1. The number of hydrogen-bond donors (Lipinski definition) is 0. The van der Waals surface area contributed by atoms with E-state index in [0.717, 1.165) is 24.3 Å². The summed E-state index contributed by atoms with van der Waals surface area (Å²) < 4.78 is 4.83. The third-order valence-electron chi connectivity index (χ3n) is 4.06. The van der Waals surface area contributed by atoms with Crippen molar-refractivity contribution < 1.29 is 39.4 Å². The standard InChI is InChI=1S/C20H18O.C4H10O.Na/c21-20-18(14-16-8-3-1-4-9-16)12-7-13-19(20)15-17-10-5-2-6-11-17;1-3-5-4-2;/h1-13,21H,14-15H2;3-4H2,1-2H3;/q;;+1/p-1. The molecule has 3 heteroatoms. The Morgan fingerprint density at radius 3 is 1.37 bits per heavy atom. The van der Waals surface area contributed by atoms with Gasteiger partial charge in [-0.25, -0.2) is 0 Å². The van der Waals surface area contributed by atoms with Crippen molar-refractivity contribution in [3.05, 3.63) is 101 Å². The second-order valence-electron chi connectivity index (χ2n) is 6.01. The Morgan fingerprint density at radius 2 is 1.04 bits per heavy atom. The molecule has 0 N–H and O–H groups in total. The topological polar surface area (TPSA) is 32.3 Å². The molecule has 0 aliphatic rings. The van der Waals surface area contributed by atoms with Gasteiger partial charge in [-0.2, -0.15) is 0 Å². The van der Waals surface area contributed by atoms with Crippen molar-refractivity contribution in [1.82, 2.24) is 0 Å². The Kier molecular flexibility index (Phi) is 11.8. The molecule has 0 spiro atoms. The molecular formula is C24H27NaO2. The predicted octanol–water partition coefficient (Wildman–Crippen LogP) is 1.99. The van der Waals surface area contributed by atoms with E-state index in [1.54, 1.807) is 0 Å². The summed E-state index contributed by atoms with van der Waals surface area (Å²) in [5.74, 6) is 0.171. The molecule has 0 aliphatic carbocycles. The minimum absolute atomic E-state index is 0. The third-order valence-corrected chi connectivity index (χ3v) is 4.06. The zero-order valence-corrected chi connectivity index (χ0v) is 18.7. The molecule has 0 saturated carbocycles. The first-order valence-corrected chi connectivity index (χ1v) is 9.18. The van der Waals surface area contributed by atoms with Crippen molar-refractivity contribution in [2.75, 3.05) is 13.2 Å². The molecule has 0 saturated heterocycles. The van der Waals surface area contributed by atoms with Crippen LogP contribution < -0.4 is 34.7 Å². The summed E-state index contributed by atoms with van der Waals surface area (Å²) in [7, 11) is 0. The molecule has 136 valence electrons. The second-order valence-corrected chi connectivity index (χ2v) is 6.01. The van der Waals surface area contributed by atoms with Crippen molar-refractivity contribution in [3.8, 4) is 5.75 Å². The van der Waals surface area contributed by atoms with Gasteiger partial charge in [-0.05, 0) is 37.8 Å². The first-order valence-electron chi connectivity index (χ1n) is 9.18. The van der Waals surface area contributed by atoms with E-state index in [9.17, 15) is 5.11 Å². The van der Waals surface area contributed by atoms with Crippen LogP contribution in [0.4, 0.5) is 0 Å². The van der Waals surface area contributed by atoms with Gasteiger partial charge >= 0.3 is 29.6 Å². The van der Waals surface area contributed by atoms with Crippen LogP contribution in [-0.2, 0) is 17.6 Å². The summed E-state index contributed by atoms with van der Waals surface area (Å²) >= 11 is 0. The second kappa shape index (κ2) is 13.6. The van der Waals surface area contributed by atoms with Crippen molar-refractivity contribution in [3.63, 3.8) is 0 Å². The van der Waals surface area contributed by atoms with Gasteiger partial charge in [-0.3, -0.25) is 0 Å². The van der Waals surface area contributed by atoms with Crippen molar-refractivity contribution in [1.29, 1.82) is 0 Å². The predicted molar refractivity (Wildman–Crippen MR) is 107 cm³/mol. The molecule has 0 aromatic heterocycles. The Bertz CT molecular complexity index is 696. The molecule has 3 rings (SSSR count). The average molecular weight is 370 g/mol. The van der Waals surface area contributed by atoms with E-state index >= 15 is 0 Å². The summed E-state index contributed by atoms with van der Waals surface area (Å²) in [6.07, 6.45) is 1.39. The monoisotopic (exact) mass is 370 g/mol. The third kappa shape index (κ3) is 8.32. The summed E-state index contributed by atoms with van der Waals surface area (Å²) in [6, 6.07) is 26.1. The number of hydrogen-bond acceptors (Lipinski definition) is 2. The molecule has 0 bridgehead atoms. The fourth-order valence-electron chi connectivity index (χ4n) is 2.75. The van der Waals surface area contributed by atoms with E-state index in [2.05, 4.69) is 24.3 Å². The normalized spacial score (nSPS) is 9.70. The SMILES string of the molecule is CCOCC.[Na+].[O-]c1c(Cc2ccccc2)cccc1Cc1ccccc1. The van der Waals surface area contributed by atoms with Gasteiger partial charge in [0.15, 0.2) is 0 Å². The van der Waals surface area contributed by atoms with Gasteiger partial charge in [0.05, 0.1) is 0 Å². The molecule has 2 nitrogen and oxygen atoms in total. The zero-order valence-electron chi connectivity index (χ0n) is 16.7. The molecule has 27 heavy (non-hydrogen) atoms. The van der Waals surface area contributed by atoms with Crippen LogP contribution in [0.25, 0.3) is 0 Å². The molecule has 0 radical (unpaired) electrons. The Hall–Kier alpha value is -1.58. The largest absolute Gasteiger partial charge is 1.00 e. The van der Waals surface area contributed by atoms with Crippen LogP contribution in [0.15, 0.2) is 78.9 Å². The van der Waals surface area contributed by atoms with Gasteiger partial charge in [0.1, 0.15) is 0 Å². The van der Waals surface area contributed by atoms with Crippen LogP contribution >= 0.6 is 0 Å². The van der Waals surface area contributed by atoms with Gasteiger partial charge < -0.3 is 9.84 Å². The van der Waals surface area contributed by atoms with Gasteiger partial charge in [0.2, 0.25) is 0 Å². The van der Waals surface area contributed by atoms with E-state index in [0.29, 0.717) is 12.8 Å². The number of ether oxygens (including phenoxy) is 1. The fourth-order valence-corrected chi connectivity index (χ4v) is 2.75. The molecule has 0 heterocycles. The first kappa shape index (κ1) is 23.5. The zero-order chi connectivity index (χ0) is 18.6. The van der Waals surface area contributed by atoms with Gasteiger partial charge in [0.25, 0.3) is 0 Å². The van der Waals surface area contributed by atoms with E-state index < -0.39 is 0 Å². The summed E-state index contributed by atoms with van der Waals surface area (Å²) in [6.45, 7) is 5.67. The molecular weight excluding hydrogens is 343 g/mol. The van der Waals surface area contributed by atoms with Crippen LogP contribution in [0, 0.1) is 0 Å². The number of rotatable bonds is 6. The maximum Gasteiger partial charge on any atom is 1.00 e. The van der Waals surface area contributed by atoms with Crippen molar-refractivity contribution >= 4 is 0 Å². The molecule has 0 atom stereocenters. The van der Waals surface area contributed by atoms with Crippen LogP contribution in [-0.4, -0.2) is 13.2 Å². The van der Waals surface area contributed by atoms with Crippen molar-refractivity contribution in [2.24, 2.45) is 0 Å². The van der Waals surface area contributed by atoms with Gasteiger partial charge in [-0.1, -0.05) is 90.0 Å². The minimum Gasteiger partial charge on any atom is -0.872 e. The van der Waals surface area contributed by atoms with Crippen LogP contribution in [0.1, 0.15) is 36.1 Å². The van der Waals surface area contributed by atoms with E-state index in [-0.39, 0.29) is 35.3 Å². The summed E-state index contributed by atoms with van der Waals surface area (Å²) in [5.41, 5.74) is 4.09. The molecule has 0 amide bonds. The smallest absolute Gasteiger partial charge is 0.872 e. The van der Waals surface area contributed by atoms with E-state index in [1.165, 1.54) is 11.1 Å². The van der Waals surface area contributed by atoms with Gasteiger partial charge in [-0.15, -0.1) is 5.75 Å². The van der Waals surface area contributed by atoms with Gasteiger partial charge in [0, 0.05) is 13.2 Å². The Balaban J connectivity index is 0.000000542. The quantitative estimate of drug-likeness (QED) is 0.622. The molecule has 0 unspecified atom stereocenters. The Labute approximate surface area is 185 Å². The molecule has 0 aliphatic heterocycles. The van der Waals surface area contributed by atoms with Crippen LogP contribution in [0.2, 0.25) is 0 Å². The minimum atomic E-state index is 0. The first-order chi connectivity index (χ1) is 12.7. The molecule has 3 aromatic carbocycles. The summed E-state index contributed by atoms with van der Waals surface area (Å²) in [4.78, 5) is 0. The summed E-state index contributed by atoms with van der Waals surface area (Å²) in [5, 5.41) is 12.6. The van der Waals surface area contributed by atoms with Crippen LogP contribution in [0.5, 0.6) is 5.75 Å². The molecule has 0 fully saturated rings. The Morgan fingerprint density at radius 1 is 0.630 bits per heavy atom. The molecule has 3 aromatic rings.